The Hall–Kier alpha value is -0.850. The van der Waals surface area contributed by atoms with E-state index in [2.05, 4.69) is 33.1 Å². The van der Waals surface area contributed by atoms with Crippen LogP contribution in [-0.2, 0) is 0 Å². The van der Waals surface area contributed by atoms with Crippen molar-refractivity contribution >= 4 is 6.21 Å². The maximum absolute atomic E-state index is 4.71. The Morgan fingerprint density at radius 3 is 2.87 bits per heavy atom. The second-order valence-corrected chi connectivity index (χ2v) is 5.23. The quantitative estimate of drug-likeness (QED) is 0.603. The average molecular weight is 203 g/mol. The van der Waals surface area contributed by atoms with Crippen LogP contribution in [0.3, 0.4) is 0 Å². The maximum Gasteiger partial charge on any atom is 0.0435 e. The molecule has 15 heavy (non-hydrogen) atoms. The van der Waals surface area contributed by atoms with Crippen LogP contribution in [0, 0.1) is 5.41 Å². The van der Waals surface area contributed by atoms with Gasteiger partial charge in [0.1, 0.15) is 0 Å². The van der Waals surface area contributed by atoms with Crippen LogP contribution < -0.4 is 0 Å². The van der Waals surface area contributed by atoms with Gasteiger partial charge in [-0.1, -0.05) is 25.5 Å². The molecule has 0 bridgehead atoms. The third-order valence-electron chi connectivity index (χ3n) is 3.85. The number of allylic oxidation sites excluding steroid dienone is 4. The van der Waals surface area contributed by atoms with Gasteiger partial charge in [-0.25, -0.2) is 0 Å². The normalized spacial score (nSPS) is 31.0. The molecule has 0 spiro atoms. The van der Waals surface area contributed by atoms with E-state index in [1.54, 1.807) is 0 Å². The second-order valence-electron chi connectivity index (χ2n) is 5.23. The summed E-state index contributed by atoms with van der Waals surface area (Å²) in [5.74, 6) is 0. The molecule has 1 unspecified atom stereocenters. The van der Waals surface area contributed by atoms with Gasteiger partial charge in [0.25, 0.3) is 0 Å². The lowest BCUT2D eigenvalue weighted by Gasteiger charge is -2.21. The van der Waals surface area contributed by atoms with Gasteiger partial charge < -0.3 is 0 Å². The van der Waals surface area contributed by atoms with Gasteiger partial charge in [-0.15, -0.1) is 0 Å². The zero-order chi connectivity index (χ0) is 10.9. The van der Waals surface area contributed by atoms with Gasteiger partial charge in [0.2, 0.25) is 0 Å². The van der Waals surface area contributed by atoms with Gasteiger partial charge in [-0.2, -0.15) is 0 Å². The highest BCUT2D eigenvalue weighted by molar-refractivity contribution is 5.68. The first-order valence-electron chi connectivity index (χ1n) is 6.07. The van der Waals surface area contributed by atoms with Crippen LogP contribution in [0.25, 0.3) is 0 Å². The SMILES string of the molecule is CCC1(C)C=NC2=C(C=C(C)CC2)CC1. The molecular formula is C14H21N. The van der Waals surface area contributed by atoms with Gasteiger partial charge in [0.05, 0.1) is 0 Å². The summed E-state index contributed by atoms with van der Waals surface area (Å²) in [6.07, 6.45) is 10.5. The average Bonchev–Trinajstić information content (AvgIpc) is 2.40. The molecule has 82 valence electrons. The maximum atomic E-state index is 4.71. The van der Waals surface area contributed by atoms with Gasteiger partial charge >= 0.3 is 0 Å². The fraction of sp³-hybridized carbons (Fsp3) is 0.643. The molecule has 0 fully saturated rings. The summed E-state index contributed by atoms with van der Waals surface area (Å²) >= 11 is 0. The van der Waals surface area contributed by atoms with Crippen LogP contribution in [0.2, 0.25) is 0 Å². The van der Waals surface area contributed by atoms with Crippen molar-refractivity contribution in [1.82, 2.24) is 0 Å². The second kappa shape index (κ2) is 3.96. The third kappa shape index (κ3) is 2.22. The minimum absolute atomic E-state index is 0.319. The fourth-order valence-electron chi connectivity index (χ4n) is 2.28. The van der Waals surface area contributed by atoms with Crippen LogP contribution in [-0.4, -0.2) is 6.21 Å². The molecular weight excluding hydrogens is 182 g/mol. The van der Waals surface area contributed by atoms with Gasteiger partial charge in [0.15, 0.2) is 0 Å². The van der Waals surface area contributed by atoms with Crippen LogP contribution in [0.1, 0.15) is 52.9 Å². The number of rotatable bonds is 1. The third-order valence-corrected chi connectivity index (χ3v) is 3.85. The lowest BCUT2D eigenvalue weighted by atomic mass is 9.83. The summed E-state index contributed by atoms with van der Waals surface area (Å²) in [5, 5.41) is 0. The van der Waals surface area contributed by atoms with Crippen LogP contribution in [0.15, 0.2) is 27.9 Å². The van der Waals surface area contributed by atoms with Crippen molar-refractivity contribution in [3.8, 4) is 0 Å². The molecule has 1 atom stereocenters. The zero-order valence-corrected chi connectivity index (χ0v) is 10.1. The van der Waals surface area contributed by atoms with Gasteiger partial charge in [-0.3, -0.25) is 4.99 Å². The summed E-state index contributed by atoms with van der Waals surface area (Å²) in [6.45, 7) is 6.82. The van der Waals surface area contributed by atoms with E-state index in [0.717, 1.165) is 6.42 Å². The number of nitrogens with zero attached hydrogens (tertiary/aromatic N) is 1. The van der Waals surface area contributed by atoms with E-state index in [9.17, 15) is 0 Å². The van der Waals surface area contributed by atoms with E-state index in [0.29, 0.717) is 5.41 Å². The molecule has 1 heteroatoms. The molecule has 1 heterocycles. The zero-order valence-electron chi connectivity index (χ0n) is 10.1. The minimum atomic E-state index is 0.319. The molecule has 0 aromatic heterocycles. The number of hydrogen-bond acceptors (Lipinski definition) is 1. The summed E-state index contributed by atoms with van der Waals surface area (Å²) in [5.41, 5.74) is 4.67. The first kappa shape index (κ1) is 10.7. The molecule has 2 aliphatic rings. The van der Waals surface area contributed by atoms with Crippen molar-refractivity contribution in [2.45, 2.75) is 52.9 Å². The van der Waals surface area contributed by atoms with Crippen LogP contribution in [0.5, 0.6) is 0 Å². The standard InChI is InChI=1S/C14H21N/c1-4-14(3)8-7-12-9-11(2)5-6-13(12)15-10-14/h9-10H,4-8H2,1-3H3. The first-order valence-corrected chi connectivity index (χ1v) is 6.07. The Bertz CT molecular complexity index is 346. The van der Waals surface area contributed by atoms with E-state index in [1.807, 2.05) is 0 Å². The number of hydrogen-bond donors (Lipinski definition) is 0. The molecule has 0 radical (unpaired) electrons. The van der Waals surface area contributed by atoms with E-state index >= 15 is 0 Å². The van der Waals surface area contributed by atoms with E-state index in [1.165, 1.54) is 42.5 Å². The molecule has 0 saturated heterocycles. The Labute approximate surface area is 93.0 Å². The van der Waals surface area contributed by atoms with Crippen molar-refractivity contribution in [3.05, 3.63) is 22.9 Å². The molecule has 0 amide bonds. The summed E-state index contributed by atoms with van der Waals surface area (Å²) < 4.78 is 0. The minimum Gasteiger partial charge on any atom is -0.265 e. The predicted octanol–water partition coefficient (Wildman–Crippen LogP) is 4.26. The smallest absolute Gasteiger partial charge is 0.0435 e. The molecule has 1 nitrogen and oxygen atoms in total. The van der Waals surface area contributed by atoms with E-state index < -0.39 is 0 Å². The highest BCUT2D eigenvalue weighted by Crippen LogP contribution is 2.35. The van der Waals surface area contributed by atoms with Gasteiger partial charge in [0, 0.05) is 17.3 Å². The predicted molar refractivity (Wildman–Crippen MR) is 66.1 cm³/mol. The molecule has 1 aliphatic heterocycles. The molecule has 0 aromatic rings. The Morgan fingerprint density at radius 1 is 1.33 bits per heavy atom. The Morgan fingerprint density at radius 2 is 2.13 bits per heavy atom. The molecule has 0 aromatic carbocycles. The summed E-state index contributed by atoms with van der Waals surface area (Å²) in [4.78, 5) is 4.71. The van der Waals surface area contributed by atoms with Crippen LogP contribution >= 0.6 is 0 Å². The Kier molecular flexibility index (Phi) is 2.81. The lowest BCUT2D eigenvalue weighted by molar-refractivity contribution is 0.426. The van der Waals surface area contributed by atoms with Crippen molar-refractivity contribution < 1.29 is 0 Å². The monoisotopic (exact) mass is 203 g/mol. The van der Waals surface area contributed by atoms with E-state index in [4.69, 9.17) is 4.99 Å². The lowest BCUT2D eigenvalue weighted by Crippen LogP contribution is -2.15. The van der Waals surface area contributed by atoms with Crippen molar-refractivity contribution in [2.24, 2.45) is 10.4 Å². The summed E-state index contributed by atoms with van der Waals surface area (Å²) in [7, 11) is 0. The van der Waals surface area contributed by atoms with E-state index in [-0.39, 0.29) is 0 Å². The molecule has 2 rings (SSSR count). The first-order chi connectivity index (χ1) is 7.13. The highest BCUT2D eigenvalue weighted by atomic mass is 14.8. The largest absolute Gasteiger partial charge is 0.265 e. The fourth-order valence-corrected chi connectivity index (χ4v) is 2.28. The van der Waals surface area contributed by atoms with Crippen LogP contribution in [0.4, 0.5) is 0 Å². The number of aliphatic imine (C=N–C) groups is 1. The van der Waals surface area contributed by atoms with Crippen molar-refractivity contribution in [2.75, 3.05) is 0 Å². The molecule has 0 N–H and O–H groups in total. The topological polar surface area (TPSA) is 12.4 Å². The summed E-state index contributed by atoms with van der Waals surface area (Å²) in [6, 6.07) is 0. The van der Waals surface area contributed by atoms with Crippen molar-refractivity contribution in [3.63, 3.8) is 0 Å². The van der Waals surface area contributed by atoms with Gasteiger partial charge in [-0.05, 0) is 44.6 Å². The molecule has 1 aliphatic carbocycles. The van der Waals surface area contributed by atoms with Crippen molar-refractivity contribution in [1.29, 1.82) is 0 Å². The molecule has 0 saturated carbocycles. The highest BCUT2D eigenvalue weighted by Gasteiger charge is 2.24. The Balaban J connectivity index is 2.24.